The Morgan fingerprint density at radius 1 is 0.903 bits per heavy atom. The lowest BCUT2D eigenvalue weighted by Crippen LogP contribution is -2.12. The van der Waals surface area contributed by atoms with E-state index in [1.165, 1.54) is 4.52 Å². The summed E-state index contributed by atoms with van der Waals surface area (Å²) in [5.74, 6) is 3.49. The van der Waals surface area contributed by atoms with Crippen molar-refractivity contribution in [1.82, 2.24) is 24.6 Å². The van der Waals surface area contributed by atoms with Crippen molar-refractivity contribution in [1.29, 1.82) is 0 Å². The third-order valence-electron chi connectivity index (χ3n) is 4.57. The lowest BCUT2D eigenvalue weighted by molar-refractivity contribution is 0.482. The number of aromatic nitrogens is 5. The molecule has 0 spiro atoms. The quantitative estimate of drug-likeness (QED) is 0.414. The van der Waals surface area contributed by atoms with E-state index in [1.807, 2.05) is 54.6 Å². The van der Waals surface area contributed by atoms with Crippen LogP contribution in [0.4, 0.5) is 11.9 Å². The van der Waals surface area contributed by atoms with E-state index >= 15 is 0 Å². The molecule has 0 radical (unpaired) electrons. The van der Waals surface area contributed by atoms with Crippen LogP contribution in [0.5, 0.6) is 11.5 Å². The molecule has 0 saturated carbocycles. The van der Waals surface area contributed by atoms with Crippen LogP contribution in [0, 0.1) is 0 Å². The maximum absolute atomic E-state index is 6.01. The van der Waals surface area contributed by atoms with Crippen LogP contribution < -0.4 is 15.8 Å². The number of hydrogen-bond donors (Lipinski definition) is 2. The standard InChI is InChI=1S/C22H19N7O2/c23-20-26-21(27-22-25-19(28-29(20)22)18-7-4-14-30-18)24-13-12-15-8-10-17(11-9-15)31-16-5-2-1-3-6-16/h1-11,14H,12-13H2,(H3,23,24,25,26,27,28). The minimum Gasteiger partial charge on any atom is -0.461 e. The first-order valence-electron chi connectivity index (χ1n) is 9.74. The van der Waals surface area contributed by atoms with Gasteiger partial charge < -0.3 is 20.2 Å². The fraction of sp³-hybridized carbons (Fsp3) is 0.0909. The van der Waals surface area contributed by atoms with Crippen molar-refractivity contribution >= 4 is 17.7 Å². The van der Waals surface area contributed by atoms with E-state index in [9.17, 15) is 0 Å². The number of ether oxygens (including phenoxy) is 1. The van der Waals surface area contributed by atoms with Gasteiger partial charge in [-0.1, -0.05) is 30.3 Å². The van der Waals surface area contributed by atoms with Crippen molar-refractivity contribution < 1.29 is 9.15 Å². The summed E-state index contributed by atoms with van der Waals surface area (Å²) in [5.41, 5.74) is 7.17. The first-order valence-corrected chi connectivity index (χ1v) is 9.74. The fourth-order valence-corrected chi connectivity index (χ4v) is 3.06. The molecule has 5 aromatic rings. The molecule has 0 bridgehead atoms. The molecule has 31 heavy (non-hydrogen) atoms. The second kappa shape index (κ2) is 8.15. The number of nitrogens with one attached hydrogen (secondary N) is 1. The molecule has 3 heterocycles. The van der Waals surface area contributed by atoms with Gasteiger partial charge in [-0.25, -0.2) is 0 Å². The molecule has 0 aliphatic heterocycles. The molecule has 0 fully saturated rings. The minimum absolute atomic E-state index is 0.195. The van der Waals surface area contributed by atoms with Crippen LogP contribution in [-0.2, 0) is 6.42 Å². The zero-order valence-corrected chi connectivity index (χ0v) is 16.5. The molecular formula is C22H19N7O2. The van der Waals surface area contributed by atoms with Crippen LogP contribution in [0.25, 0.3) is 17.4 Å². The van der Waals surface area contributed by atoms with E-state index in [1.54, 1.807) is 18.4 Å². The molecule has 9 nitrogen and oxygen atoms in total. The number of hydrogen-bond acceptors (Lipinski definition) is 8. The van der Waals surface area contributed by atoms with Crippen molar-refractivity contribution in [3.8, 4) is 23.1 Å². The number of benzene rings is 2. The predicted molar refractivity (Wildman–Crippen MR) is 116 cm³/mol. The number of furan rings is 1. The molecular weight excluding hydrogens is 394 g/mol. The summed E-state index contributed by atoms with van der Waals surface area (Å²) >= 11 is 0. The highest BCUT2D eigenvalue weighted by Crippen LogP contribution is 2.21. The van der Waals surface area contributed by atoms with Crippen LogP contribution in [0.1, 0.15) is 5.56 Å². The van der Waals surface area contributed by atoms with Gasteiger partial charge in [0.1, 0.15) is 11.5 Å². The van der Waals surface area contributed by atoms with E-state index in [2.05, 4.69) is 25.4 Å². The highest BCUT2D eigenvalue weighted by Gasteiger charge is 2.13. The molecule has 3 aromatic heterocycles. The molecule has 0 saturated heterocycles. The molecule has 0 aliphatic rings. The molecule has 0 aliphatic carbocycles. The average molecular weight is 413 g/mol. The highest BCUT2D eigenvalue weighted by atomic mass is 16.5. The molecule has 9 heteroatoms. The predicted octanol–water partition coefficient (Wildman–Crippen LogP) is 3.81. The van der Waals surface area contributed by atoms with Gasteiger partial charge in [-0.3, -0.25) is 0 Å². The Balaban J connectivity index is 1.22. The lowest BCUT2D eigenvalue weighted by Gasteiger charge is -2.08. The Morgan fingerprint density at radius 3 is 2.48 bits per heavy atom. The Morgan fingerprint density at radius 2 is 1.71 bits per heavy atom. The number of nitrogen functional groups attached to an aromatic ring is 1. The van der Waals surface area contributed by atoms with Gasteiger partial charge in [0.2, 0.25) is 17.7 Å². The lowest BCUT2D eigenvalue weighted by atomic mass is 10.1. The van der Waals surface area contributed by atoms with Crippen LogP contribution in [-0.4, -0.2) is 31.1 Å². The van der Waals surface area contributed by atoms with Gasteiger partial charge >= 0.3 is 0 Å². The summed E-state index contributed by atoms with van der Waals surface area (Å²) in [6.45, 7) is 0.633. The first-order chi connectivity index (χ1) is 15.2. The van der Waals surface area contributed by atoms with E-state index in [0.29, 0.717) is 29.9 Å². The number of fused-ring (bicyclic) bond motifs is 1. The Hall–Kier alpha value is -4.40. The number of rotatable bonds is 7. The van der Waals surface area contributed by atoms with Crippen molar-refractivity contribution in [3.63, 3.8) is 0 Å². The van der Waals surface area contributed by atoms with Gasteiger partial charge in [0.15, 0.2) is 5.76 Å². The zero-order chi connectivity index (χ0) is 21.0. The largest absolute Gasteiger partial charge is 0.461 e. The van der Waals surface area contributed by atoms with E-state index in [0.717, 1.165) is 23.5 Å². The smallest absolute Gasteiger partial charge is 0.259 e. The van der Waals surface area contributed by atoms with Gasteiger partial charge in [0.05, 0.1) is 6.26 Å². The van der Waals surface area contributed by atoms with Gasteiger partial charge in [-0.15, -0.1) is 5.10 Å². The van der Waals surface area contributed by atoms with Crippen molar-refractivity contribution in [3.05, 3.63) is 78.6 Å². The molecule has 0 atom stereocenters. The number of nitrogens with zero attached hydrogens (tertiary/aromatic N) is 5. The maximum Gasteiger partial charge on any atom is 0.259 e. The third-order valence-corrected chi connectivity index (χ3v) is 4.57. The Bertz CT molecular complexity index is 1280. The molecule has 3 N–H and O–H groups in total. The van der Waals surface area contributed by atoms with Gasteiger partial charge in [-0.05, 0) is 48.4 Å². The Kier molecular flexibility index (Phi) is 4.89. The topological polar surface area (TPSA) is 116 Å². The van der Waals surface area contributed by atoms with Crippen LogP contribution in [0.15, 0.2) is 77.4 Å². The van der Waals surface area contributed by atoms with Crippen molar-refractivity contribution in [2.75, 3.05) is 17.6 Å². The fourth-order valence-electron chi connectivity index (χ4n) is 3.06. The minimum atomic E-state index is 0.195. The molecule has 154 valence electrons. The number of nitrogens with two attached hydrogens (primary N) is 1. The van der Waals surface area contributed by atoms with Crippen LogP contribution in [0.2, 0.25) is 0 Å². The van der Waals surface area contributed by atoms with Crippen LogP contribution >= 0.6 is 0 Å². The van der Waals surface area contributed by atoms with Gasteiger partial charge in [0, 0.05) is 6.54 Å². The van der Waals surface area contributed by atoms with Crippen molar-refractivity contribution in [2.24, 2.45) is 0 Å². The molecule has 5 rings (SSSR count). The molecule has 0 amide bonds. The summed E-state index contributed by atoms with van der Waals surface area (Å²) in [5, 5.41) is 7.47. The summed E-state index contributed by atoms with van der Waals surface area (Å²) < 4.78 is 12.5. The van der Waals surface area contributed by atoms with E-state index < -0.39 is 0 Å². The second-order valence-electron chi connectivity index (χ2n) is 6.77. The Labute approximate surface area is 177 Å². The van der Waals surface area contributed by atoms with Crippen molar-refractivity contribution in [2.45, 2.75) is 6.42 Å². The van der Waals surface area contributed by atoms with Crippen LogP contribution in [0.3, 0.4) is 0 Å². The zero-order valence-electron chi connectivity index (χ0n) is 16.5. The highest BCUT2D eigenvalue weighted by molar-refractivity contribution is 5.52. The van der Waals surface area contributed by atoms with Gasteiger partial charge in [0.25, 0.3) is 5.78 Å². The summed E-state index contributed by atoms with van der Waals surface area (Å²) in [4.78, 5) is 13.0. The normalized spacial score (nSPS) is 11.0. The van der Waals surface area contributed by atoms with E-state index in [-0.39, 0.29) is 5.95 Å². The van der Waals surface area contributed by atoms with Gasteiger partial charge in [-0.2, -0.15) is 19.5 Å². The average Bonchev–Trinajstić information content (AvgIpc) is 3.46. The SMILES string of the molecule is Nc1nc(NCCc2ccc(Oc3ccccc3)cc2)nc2nc(-c3ccco3)nn12. The molecule has 0 unspecified atom stereocenters. The summed E-state index contributed by atoms with van der Waals surface area (Å²) in [6.07, 6.45) is 2.34. The number of anilines is 2. The van der Waals surface area contributed by atoms with E-state index in [4.69, 9.17) is 14.9 Å². The second-order valence-corrected chi connectivity index (χ2v) is 6.77. The monoisotopic (exact) mass is 413 g/mol. The summed E-state index contributed by atoms with van der Waals surface area (Å²) in [7, 11) is 0. The third kappa shape index (κ3) is 4.15. The maximum atomic E-state index is 6.01. The number of para-hydroxylation sites is 1. The first kappa shape index (κ1) is 18.6. The molecule has 2 aromatic carbocycles. The summed E-state index contributed by atoms with van der Waals surface area (Å²) in [6, 6.07) is 21.2.